The third kappa shape index (κ3) is 45.8. The maximum atomic E-state index is 5.01. The van der Waals surface area contributed by atoms with Gasteiger partial charge in [-0.2, -0.15) is 0 Å². The topological polar surface area (TPSA) is 68.9 Å². The first-order valence-electron chi connectivity index (χ1n) is 26.5. The molecule has 0 saturated carbocycles. The van der Waals surface area contributed by atoms with Gasteiger partial charge in [0.1, 0.15) is 0 Å². The molecule has 69 heavy (non-hydrogen) atoms. The first-order valence-corrected chi connectivity index (χ1v) is 26.5. The smallest absolute Gasteiger partial charge is 0.0986 e. The lowest BCUT2D eigenvalue weighted by molar-refractivity contribution is 0.0507. The highest BCUT2D eigenvalue weighted by Gasteiger charge is 2.14. The van der Waals surface area contributed by atoms with E-state index in [0.717, 1.165) is 20.2 Å². The highest BCUT2D eigenvalue weighted by molar-refractivity contribution is 4.70. The molecule has 13 nitrogen and oxygen atoms in total. The largest absolute Gasteiger partial charge is 0.369 e. The first kappa shape index (κ1) is 79.9. The lowest BCUT2D eigenvalue weighted by atomic mass is 10.1. The monoisotopic (exact) mass is 995 g/mol. The molecule has 7 heterocycles. The fourth-order valence-electron chi connectivity index (χ4n) is 8.97. The Morgan fingerprint density at radius 1 is 0.304 bits per heavy atom. The SMILES string of the molecule is C.C.C.C.C.C.CCCN1CCN(C)CC1.CCCN1CCNCC1.CCN1CCCCC1.CCN1CCN(CC)CC1.COCN1CCCC1.COCN1CCCCC1.COCN1CCCCC1. The van der Waals surface area contributed by atoms with Crippen LogP contribution in [0.15, 0.2) is 0 Å². The number of hydrogen-bond donors (Lipinski definition) is 1. The molecule has 0 radical (unpaired) electrons. The van der Waals surface area contributed by atoms with Crippen molar-refractivity contribution in [1.82, 2.24) is 49.4 Å². The van der Waals surface area contributed by atoms with Crippen molar-refractivity contribution < 1.29 is 14.2 Å². The molecule has 7 rings (SSSR count). The van der Waals surface area contributed by atoms with Crippen molar-refractivity contribution in [3.8, 4) is 0 Å². The van der Waals surface area contributed by atoms with Crippen LogP contribution in [-0.2, 0) is 14.2 Å². The average molecular weight is 996 g/mol. The normalized spacial score (nSPS) is 20.8. The molecule has 1 N–H and O–H groups in total. The lowest BCUT2D eigenvalue weighted by Gasteiger charge is -2.33. The summed E-state index contributed by atoms with van der Waals surface area (Å²) in [6.07, 6.45) is 17.8. The average Bonchev–Trinajstić information content (AvgIpc) is 3.86. The zero-order valence-corrected chi connectivity index (χ0v) is 43.7. The summed E-state index contributed by atoms with van der Waals surface area (Å²) in [6.45, 7) is 44.9. The second-order valence-corrected chi connectivity index (χ2v) is 18.5. The summed E-state index contributed by atoms with van der Waals surface area (Å²) in [5.74, 6) is 0. The third-order valence-electron chi connectivity index (χ3n) is 13.2. The Morgan fingerprint density at radius 3 is 0.812 bits per heavy atom. The maximum Gasteiger partial charge on any atom is 0.0986 e. The molecule has 0 aromatic rings. The van der Waals surface area contributed by atoms with Crippen molar-refractivity contribution in [2.75, 3.05) is 212 Å². The van der Waals surface area contributed by atoms with Gasteiger partial charge >= 0.3 is 0 Å². The van der Waals surface area contributed by atoms with Gasteiger partial charge < -0.3 is 48.9 Å². The highest BCUT2D eigenvalue weighted by atomic mass is 16.5. The van der Waals surface area contributed by atoms with Crippen LogP contribution in [0.4, 0.5) is 0 Å². The summed E-state index contributed by atoms with van der Waals surface area (Å²) < 4.78 is 15.0. The molecule has 426 valence electrons. The van der Waals surface area contributed by atoms with E-state index in [1.807, 2.05) is 0 Å². The van der Waals surface area contributed by atoms with E-state index in [0.29, 0.717) is 0 Å². The van der Waals surface area contributed by atoms with Crippen LogP contribution in [-0.4, -0.2) is 256 Å². The number of nitrogens with one attached hydrogen (secondary N) is 1. The molecule has 7 fully saturated rings. The second kappa shape index (κ2) is 58.4. The van der Waals surface area contributed by atoms with Crippen LogP contribution in [0.3, 0.4) is 0 Å². The fourth-order valence-corrected chi connectivity index (χ4v) is 8.97. The van der Waals surface area contributed by atoms with E-state index in [4.69, 9.17) is 14.2 Å². The lowest BCUT2D eigenvalue weighted by Crippen LogP contribution is -2.45. The van der Waals surface area contributed by atoms with E-state index >= 15 is 0 Å². The van der Waals surface area contributed by atoms with Crippen LogP contribution in [0.25, 0.3) is 0 Å². The van der Waals surface area contributed by atoms with E-state index in [-0.39, 0.29) is 44.6 Å². The summed E-state index contributed by atoms with van der Waals surface area (Å²) in [5.41, 5.74) is 0. The van der Waals surface area contributed by atoms with Gasteiger partial charge in [-0.3, -0.25) is 14.7 Å². The molecule has 7 aliphatic heterocycles. The van der Waals surface area contributed by atoms with Crippen LogP contribution < -0.4 is 5.32 Å². The van der Waals surface area contributed by atoms with Crippen LogP contribution in [0, 0.1) is 0 Å². The number of piperidine rings is 3. The molecule has 0 bridgehead atoms. The van der Waals surface area contributed by atoms with Crippen molar-refractivity contribution >= 4 is 0 Å². The molecule has 0 spiro atoms. The fraction of sp³-hybridized carbons (Fsp3) is 1.00. The molecule has 13 heteroatoms. The molecular formula is C56H134N10O3. The first-order chi connectivity index (χ1) is 30.8. The van der Waals surface area contributed by atoms with Gasteiger partial charge in [-0.1, -0.05) is 98.4 Å². The van der Waals surface area contributed by atoms with E-state index in [1.54, 1.807) is 21.3 Å². The number of likely N-dealkylation sites (N-methyl/N-ethyl adjacent to an activating group) is 3. The number of nitrogens with zero attached hydrogens (tertiary/aromatic N) is 9. The number of hydrogen-bond acceptors (Lipinski definition) is 13. The van der Waals surface area contributed by atoms with Crippen molar-refractivity contribution in [2.45, 2.75) is 163 Å². The predicted octanol–water partition coefficient (Wildman–Crippen LogP) is 9.74. The summed E-state index contributed by atoms with van der Waals surface area (Å²) in [7, 11) is 7.46. The number of rotatable bonds is 13. The standard InChI is InChI=1S/2C8H18N2.C7H16N2.2C7H15NO.C7H15N.C6H13NO.6CH4/c1-3-4-10-7-5-9(2)6-8-10;1-3-9-5-7-10(4-2)8-6-9;1-2-5-9-6-3-8-4-7-9;2*1-9-7-8-5-3-2-4-6-8;1-2-8-6-4-3-5-7-8;1-8-6-7-4-2-3-5-7;;;;;;/h2*3-8H2,1-2H3;8H,2-7H2,1H3;2*2-7H2,1H3;2-7H2,1H3;2-6H2,1H3;6*1H4. The molecule has 7 saturated heterocycles. The Labute approximate surface area is 437 Å². The number of methoxy groups -OCH3 is 3. The maximum absolute atomic E-state index is 5.01. The van der Waals surface area contributed by atoms with Gasteiger partial charge in [-0.25, -0.2) is 0 Å². The molecule has 0 unspecified atom stereocenters. The van der Waals surface area contributed by atoms with Gasteiger partial charge in [-0.05, 0) is 117 Å². The minimum absolute atomic E-state index is 0. The zero-order valence-electron chi connectivity index (χ0n) is 43.7. The van der Waals surface area contributed by atoms with E-state index in [9.17, 15) is 0 Å². The van der Waals surface area contributed by atoms with Crippen LogP contribution in [0.1, 0.15) is 163 Å². The van der Waals surface area contributed by atoms with E-state index in [1.165, 1.54) is 247 Å². The van der Waals surface area contributed by atoms with Crippen LogP contribution >= 0.6 is 0 Å². The minimum Gasteiger partial charge on any atom is -0.369 e. The molecule has 0 atom stereocenters. The minimum atomic E-state index is 0. The Hall–Kier alpha value is -0.520. The van der Waals surface area contributed by atoms with Crippen LogP contribution in [0.2, 0.25) is 0 Å². The highest BCUT2D eigenvalue weighted by Crippen LogP contribution is 2.09. The van der Waals surface area contributed by atoms with Gasteiger partial charge in [0.05, 0.1) is 20.2 Å². The molecule has 0 aromatic carbocycles. The van der Waals surface area contributed by atoms with E-state index in [2.05, 4.69) is 91.1 Å². The quantitative estimate of drug-likeness (QED) is 0.191. The summed E-state index contributed by atoms with van der Waals surface area (Å²) in [4.78, 5) is 22.0. The molecule has 0 aromatic heterocycles. The zero-order chi connectivity index (χ0) is 46.0. The Morgan fingerprint density at radius 2 is 0.551 bits per heavy atom. The Bertz CT molecular complexity index is 833. The molecular weight excluding hydrogens is 861 g/mol. The Kier molecular flexibility index (Phi) is 67.6. The van der Waals surface area contributed by atoms with Gasteiger partial charge in [0.25, 0.3) is 0 Å². The number of likely N-dealkylation sites (tertiary alicyclic amines) is 4. The number of ether oxygens (including phenoxy) is 3. The van der Waals surface area contributed by atoms with Gasteiger partial charge in [0.2, 0.25) is 0 Å². The summed E-state index contributed by atoms with van der Waals surface area (Å²) >= 11 is 0. The molecule has 0 aliphatic carbocycles. The predicted molar refractivity (Wildman–Crippen MR) is 312 cm³/mol. The summed E-state index contributed by atoms with van der Waals surface area (Å²) in [5, 5.41) is 3.33. The van der Waals surface area contributed by atoms with Crippen molar-refractivity contribution in [3.05, 3.63) is 0 Å². The van der Waals surface area contributed by atoms with Crippen LogP contribution in [0.5, 0.6) is 0 Å². The van der Waals surface area contributed by atoms with Gasteiger partial charge in [0, 0.05) is 139 Å². The second-order valence-electron chi connectivity index (χ2n) is 18.5. The molecule has 0 amide bonds. The summed E-state index contributed by atoms with van der Waals surface area (Å²) in [6, 6.07) is 0. The Balaban J connectivity index is -0.000000166. The van der Waals surface area contributed by atoms with E-state index < -0.39 is 0 Å². The van der Waals surface area contributed by atoms with Crippen molar-refractivity contribution in [3.63, 3.8) is 0 Å². The van der Waals surface area contributed by atoms with Gasteiger partial charge in [0.15, 0.2) is 0 Å². The number of piperazine rings is 3. The van der Waals surface area contributed by atoms with Crippen molar-refractivity contribution in [1.29, 1.82) is 0 Å². The van der Waals surface area contributed by atoms with Gasteiger partial charge in [-0.15, -0.1) is 0 Å². The van der Waals surface area contributed by atoms with Crippen molar-refractivity contribution in [2.24, 2.45) is 0 Å². The third-order valence-corrected chi connectivity index (χ3v) is 13.2. The molecule has 7 aliphatic rings.